The highest BCUT2D eigenvalue weighted by Gasteiger charge is 2.17. The van der Waals surface area contributed by atoms with Crippen molar-refractivity contribution in [2.75, 3.05) is 20.8 Å². The number of ether oxygens (including phenoxy) is 3. The average molecular weight is 235 g/mol. The summed E-state index contributed by atoms with van der Waals surface area (Å²) < 4.78 is 15.0. The van der Waals surface area contributed by atoms with Crippen LogP contribution >= 0.6 is 0 Å². The highest BCUT2D eigenvalue weighted by atomic mass is 16.5. The van der Waals surface area contributed by atoms with Gasteiger partial charge < -0.3 is 14.2 Å². The summed E-state index contributed by atoms with van der Waals surface area (Å²) in [6, 6.07) is 4.84. The fourth-order valence-electron chi connectivity index (χ4n) is 1.35. The predicted molar refractivity (Wildman–Crippen MR) is 60.2 cm³/mol. The number of hydrogen-bond acceptors (Lipinski definition) is 5. The number of benzene rings is 1. The maximum Gasteiger partial charge on any atom is 0.341 e. The smallest absolute Gasteiger partial charge is 0.341 e. The third kappa shape index (κ3) is 2.67. The molecule has 1 rings (SSSR count). The van der Waals surface area contributed by atoms with Crippen molar-refractivity contribution in [1.29, 1.82) is 5.26 Å². The van der Waals surface area contributed by atoms with Crippen LogP contribution in [0, 0.1) is 11.3 Å². The van der Waals surface area contributed by atoms with Gasteiger partial charge in [0.2, 0.25) is 0 Å². The van der Waals surface area contributed by atoms with Crippen LogP contribution in [0.3, 0.4) is 0 Å². The number of nitriles is 1. The third-order valence-electron chi connectivity index (χ3n) is 2.14. The Hall–Kier alpha value is -2.22. The van der Waals surface area contributed by atoms with Crippen molar-refractivity contribution in [2.45, 2.75) is 6.92 Å². The first-order chi connectivity index (χ1) is 8.17. The van der Waals surface area contributed by atoms with Crippen molar-refractivity contribution in [3.05, 3.63) is 23.3 Å². The van der Waals surface area contributed by atoms with Crippen LogP contribution in [0.25, 0.3) is 0 Å². The molecule has 5 heteroatoms. The normalized spacial score (nSPS) is 9.29. The van der Waals surface area contributed by atoms with E-state index >= 15 is 0 Å². The number of esters is 1. The lowest BCUT2D eigenvalue weighted by atomic mass is 10.1. The topological polar surface area (TPSA) is 68.6 Å². The quantitative estimate of drug-likeness (QED) is 0.743. The molecule has 0 unspecified atom stereocenters. The number of nitrogens with zero attached hydrogens (tertiary/aromatic N) is 1. The summed E-state index contributed by atoms with van der Waals surface area (Å²) in [4.78, 5) is 11.6. The van der Waals surface area contributed by atoms with Gasteiger partial charge in [-0.15, -0.1) is 0 Å². The van der Waals surface area contributed by atoms with Gasteiger partial charge in [-0.05, 0) is 13.0 Å². The van der Waals surface area contributed by atoms with Gasteiger partial charge in [0, 0.05) is 6.07 Å². The van der Waals surface area contributed by atoms with Crippen molar-refractivity contribution in [1.82, 2.24) is 0 Å². The Bertz CT molecular complexity index is 462. The van der Waals surface area contributed by atoms with E-state index in [1.165, 1.54) is 26.4 Å². The summed E-state index contributed by atoms with van der Waals surface area (Å²) in [5.41, 5.74) is 0.475. The lowest BCUT2D eigenvalue weighted by Crippen LogP contribution is -2.07. The van der Waals surface area contributed by atoms with Crippen molar-refractivity contribution in [2.24, 2.45) is 0 Å². The monoisotopic (exact) mass is 235 g/mol. The summed E-state index contributed by atoms with van der Waals surface area (Å²) in [5.74, 6) is 0.153. The molecule has 0 bridgehead atoms. The standard InChI is InChI=1S/C12H13NO4/c1-4-17-12(14)9-5-8(7-13)10(15-2)6-11(9)16-3/h5-6H,4H2,1-3H3. The summed E-state index contributed by atoms with van der Waals surface area (Å²) in [6.07, 6.45) is 0. The molecule has 0 aromatic heterocycles. The third-order valence-corrected chi connectivity index (χ3v) is 2.14. The second-order valence-electron chi connectivity index (χ2n) is 3.09. The Morgan fingerprint density at radius 1 is 1.29 bits per heavy atom. The number of rotatable bonds is 4. The highest BCUT2D eigenvalue weighted by molar-refractivity contribution is 5.93. The zero-order valence-electron chi connectivity index (χ0n) is 9.94. The second kappa shape index (κ2) is 5.75. The minimum absolute atomic E-state index is 0.215. The Labute approximate surface area is 99.5 Å². The molecule has 0 spiro atoms. The molecule has 5 nitrogen and oxygen atoms in total. The Morgan fingerprint density at radius 2 is 1.94 bits per heavy atom. The molecule has 0 atom stereocenters. The Balaban J connectivity index is 3.29. The average Bonchev–Trinajstić information content (AvgIpc) is 2.37. The van der Waals surface area contributed by atoms with Gasteiger partial charge >= 0.3 is 5.97 Å². The maximum atomic E-state index is 11.6. The highest BCUT2D eigenvalue weighted by Crippen LogP contribution is 2.29. The Morgan fingerprint density at radius 3 is 2.41 bits per heavy atom. The molecule has 0 aliphatic heterocycles. The number of methoxy groups -OCH3 is 2. The SMILES string of the molecule is CCOC(=O)c1cc(C#N)c(OC)cc1OC. The van der Waals surface area contributed by atoms with Crippen LogP contribution in [0.1, 0.15) is 22.8 Å². The van der Waals surface area contributed by atoms with Gasteiger partial charge in [-0.25, -0.2) is 4.79 Å². The van der Waals surface area contributed by atoms with Crippen LogP contribution in [-0.2, 0) is 4.74 Å². The van der Waals surface area contributed by atoms with Crippen LogP contribution in [0.4, 0.5) is 0 Å². The molecule has 0 heterocycles. The van der Waals surface area contributed by atoms with E-state index in [0.717, 1.165) is 0 Å². The zero-order chi connectivity index (χ0) is 12.8. The van der Waals surface area contributed by atoms with E-state index in [-0.39, 0.29) is 17.7 Å². The van der Waals surface area contributed by atoms with Crippen LogP contribution in [0.15, 0.2) is 12.1 Å². The number of carbonyl (C=O) groups is 1. The summed E-state index contributed by atoms with van der Waals surface area (Å²) in [6.45, 7) is 1.97. The summed E-state index contributed by atoms with van der Waals surface area (Å²) in [5, 5.41) is 8.93. The maximum absolute atomic E-state index is 11.6. The molecular formula is C12H13NO4. The van der Waals surface area contributed by atoms with Gasteiger partial charge in [0.05, 0.1) is 26.4 Å². The van der Waals surface area contributed by atoms with Gasteiger partial charge in [0.15, 0.2) is 0 Å². The molecule has 90 valence electrons. The summed E-state index contributed by atoms with van der Waals surface area (Å²) >= 11 is 0. The van der Waals surface area contributed by atoms with Crippen LogP contribution in [0.2, 0.25) is 0 Å². The van der Waals surface area contributed by atoms with E-state index in [1.54, 1.807) is 6.92 Å². The second-order valence-corrected chi connectivity index (χ2v) is 3.09. The van der Waals surface area contributed by atoms with Crippen molar-refractivity contribution in [3.63, 3.8) is 0 Å². The predicted octanol–water partition coefficient (Wildman–Crippen LogP) is 1.75. The van der Waals surface area contributed by atoms with Crippen molar-refractivity contribution in [3.8, 4) is 17.6 Å². The first-order valence-corrected chi connectivity index (χ1v) is 5.01. The first kappa shape index (κ1) is 12.8. The number of hydrogen-bond donors (Lipinski definition) is 0. The van der Waals surface area contributed by atoms with Crippen LogP contribution in [0.5, 0.6) is 11.5 Å². The first-order valence-electron chi connectivity index (χ1n) is 5.01. The lowest BCUT2D eigenvalue weighted by Gasteiger charge is -2.10. The summed E-state index contributed by atoms with van der Waals surface area (Å²) in [7, 11) is 2.88. The van der Waals surface area contributed by atoms with Crippen LogP contribution < -0.4 is 9.47 Å². The molecule has 0 amide bonds. The molecule has 0 fully saturated rings. The molecule has 0 N–H and O–H groups in total. The van der Waals surface area contributed by atoms with Gasteiger partial charge in [0.25, 0.3) is 0 Å². The zero-order valence-corrected chi connectivity index (χ0v) is 9.94. The molecule has 0 aliphatic rings. The molecule has 0 saturated carbocycles. The van der Waals surface area contributed by atoms with E-state index in [2.05, 4.69) is 0 Å². The van der Waals surface area contributed by atoms with E-state index in [1.807, 2.05) is 6.07 Å². The number of carbonyl (C=O) groups excluding carboxylic acids is 1. The molecule has 17 heavy (non-hydrogen) atoms. The molecule has 1 aromatic rings. The molecule has 0 radical (unpaired) electrons. The molecule has 0 saturated heterocycles. The minimum atomic E-state index is -0.525. The molecule has 1 aromatic carbocycles. The van der Waals surface area contributed by atoms with Crippen molar-refractivity contribution < 1.29 is 19.0 Å². The van der Waals surface area contributed by atoms with E-state index in [9.17, 15) is 4.79 Å². The lowest BCUT2D eigenvalue weighted by molar-refractivity contribution is 0.0522. The van der Waals surface area contributed by atoms with Gasteiger partial charge in [0.1, 0.15) is 23.1 Å². The molecular weight excluding hydrogens is 222 g/mol. The largest absolute Gasteiger partial charge is 0.496 e. The minimum Gasteiger partial charge on any atom is -0.496 e. The van der Waals surface area contributed by atoms with E-state index < -0.39 is 5.97 Å². The van der Waals surface area contributed by atoms with Gasteiger partial charge in [-0.2, -0.15) is 5.26 Å². The fourth-order valence-corrected chi connectivity index (χ4v) is 1.35. The van der Waals surface area contributed by atoms with Gasteiger partial charge in [-0.1, -0.05) is 0 Å². The van der Waals surface area contributed by atoms with Crippen molar-refractivity contribution >= 4 is 5.97 Å². The Kier molecular flexibility index (Phi) is 4.35. The molecule has 0 aliphatic carbocycles. The van der Waals surface area contributed by atoms with E-state index in [0.29, 0.717) is 11.5 Å². The van der Waals surface area contributed by atoms with Gasteiger partial charge in [-0.3, -0.25) is 0 Å². The fraction of sp³-hybridized carbons (Fsp3) is 0.333. The van der Waals surface area contributed by atoms with E-state index in [4.69, 9.17) is 19.5 Å². The van der Waals surface area contributed by atoms with Crippen LogP contribution in [-0.4, -0.2) is 26.8 Å².